The Kier molecular flexibility index (Phi) is 2.76. The van der Waals surface area contributed by atoms with Gasteiger partial charge in [-0.1, -0.05) is 0 Å². The lowest BCUT2D eigenvalue weighted by Crippen LogP contribution is -1.76. The molecule has 3 N–H and O–H groups in total. The van der Waals surface area contributed by atoms with Crippen LogP contribution in [0.2, 0.25) is 0 Å². The van der Waals surface area contributed by atoms with Gasteiger partial charge in [0.2, 0.25) is 0 Å². The zero-order chi connectivity index (χ0) is 6.85. The maximum atomic E-state index is 12.0. The maximum absolute atomic E-state index is 12.0. The zero-order valence-corrected chi connectivity index (χ0v) is 4.94. The summed E-state index contributed by atoms with van der Waals surface area (Å²) in [6.45, 7) is 0. The highest BCUT2D eigenvalue weighted by molar-refractivity contribution is 5.21. The lowest BCUT2D eigenvalue weighted by atomic mass is 10.3. The number of rotatable bonds is 0. The van der Waals surface area contributed by atoms with Crippen molar-refractivity contribution < 1.29 is 19.4 Å². The summed E-state index contributed by atoms with van der Waals surface area (Å²) in [6.07, 6.45) is 0. The second kappa shape index (κ2) is 3.12. The molecule has 0 unspecified atom stereocenters. The molecule has 0 radical (unpaired) electrons. The minimum atomic E-state index is -0.771. The lowest BCUT2D eigenvalue weighted by molar-refractivity contribution is 0.460. The first-order chi connectivity index (χ1) is 4.18. The molecular formula is C6H6F2O2. The van der Waals surface area contributed by atoms with Gasteiger partial charge in [0.1, 0.15) is 17.4 Å². The van der Waals surface area contributed by atoms with Gasteiger partial charge >= 0.3 is 0 Å². The van der Waals surface area contributed by atoms with Gasteiger partial charge < -0.3 is 10.6 Å². The standard InChI is InChI=1S/C6H4F2O.H2O/c7-4-1-5(8)3-6(9)2-4;/h1-3,9H;1H2. The Labute approximate surface area is 56.0 Å². The van der Waals surface area contributed by atoms with Crippen LogP contribution in [-0.4, -0.2) is 10.6 Å². The largest absolute Gasteiger partial charge is 0.508 e. The van der Waals surface area contributed by atoms with Gasteiger partial charge in [-0.25, -0.2) is 8.78 Å². The molecule has 0 bridgehead atoms. The number of halogens is 2. The van der Waals surface area contributed by atoms with Gasteiger partial charge in [0.15, 0.2) is 0 Å². The minimum absolute atomic E-state index is 0. The van der Waals surface area contributed by atoms with Gasteiger partial charge in [0.05, 0.1) is 0 Å². The van der Waals surface area contributed by atoms with Crippen LogP contribution < -0.4 is 0 Å². The monoisotopic (exact) mass is 148 g/mol. The van der Waals surface area contributed by atoms with E-state index in [1.54, 1.807) is 0 Å². The fourth-order valence-corrected chi connectivity index (χ4v) is 0.539. The highest BCUT2D eigenvalue weighted by Gasteiger charge is 1.95. The smallest absolute Gasteiger partial charge is 0.129 e. The van der Waals surface area contributed by atoms with E-state index in [-0.39, 0.29) is 5.48 Å². The highest BCUT2D eigenvalue weighted by atomic mass is 19.1. The van der Waals surface area contributed by atoms with Crippen LogP contribution >= 0.6 is 0 Å². The Balaban J connectivity index is 0.000000810. The first-order valence-corrected chi connectivity index (χ1v) is 2.33. The molecule has 0 spiro atoms. The molecule has 2 nitrogen and oxygen atoms in total. The molecule has 0 amide bonds. The summed E-state index contributed by atoms with van der Waals surface area (Å²) in [7, 11) is 0. The van der Waals surface area contributed by atoms with Gasteiger partial charge in [0, 0.05) is 18.2 Å². The SMILES string of the molecule is O.Oc1cc(F)cc(F)c1. The summed E-state index contributed by atoms with van der Waals surface area (Å²) >= 11 is 0. The Morgan fingerprint density at radius 1 is 1.00 bits per heavy atom. The average molecular weight is 148 g/mol. The van der Waals surface area contributed by atoms with E-state index in [0.29, 0.717) is 6.07 Å². The first-order valence-electron chi connectivity index (χ1n) is 2.33. The van der Waals surface area contributed by atoms with E-state index in [1.807, 2.05) is 0 Å². The van der Waals surface area contributed by atoms with Crippen LogP contribution in [0.5, 0.6) is 5.75 Å². The predicted octanol–water partition coefficient (Wildman–Crippen LogP) is 0.846. The molecule has 1 rings (SSSR count). The molecule has 0 atom stereocenters. The number of phenolic OH excluding ortho intramolecular Hbond substituents is 1. The third kappa shape index (κ3) is 1.99. The summed E-state index contributed by atoms with van der Waals surface area (Å²) in [5, 5.41) is 8.51. The highest BCUT2D eigenvalue weighted by Crippen LogP contribution is 2.12. The molecule has 10 heavy (non-hydrogen) atoms. The summed E-state index contributed by atoms with van der Waals surface area (Å²) in [6, 6.07) is 2.37. The van der Waals surface area contributed by atoms with Gasteiger partial charge in [-0.15, -0.1) is 0 Å². The number of hydrogen-bond acceptors (Lipinski definition) is 1. The Bertz CT molecular complexity index is 175. The lowest BCUT2D eigenvalue weighted by Gasteiger charge is -1.90. The molecular weight excluding hydrogens is 142 g/mol. The molecule has 0 saturated carbocycles. The quantitative estimate of drug-likeness (QED) is 0.582. The van der Waals surface area contributed by atoms with E-state index in [1.165, 1.54) is 0 Å². The number of phenols is 1. The summed E-state index contributed by atoms with van der Waals surface area (Å²) in [5.41, 5.74) is 0. The van der Waals surface area contributed by atoms with Crippen molar-refractivity contribution >= 4 is 0 Å². The summed E-state index contributed by atoms with van der Waals surface area (Å²) < 4.78 is 24.1. The van der Waals surface area contributed by atoms with Crippen molar-refractivity contribution in [2.24, 2.45) is 0 Å². The molecule has 0 aromatic heterocycles. The van der Waals surface area contributed by atoms with Crippen LogP contribution in [0, 0.1) is 11.6 Å². The minimum Gasteiger partial charge on any atom is -0.508 e. The number of aromatic hydroxyl groups is 1. The average Bonchev–Trinajstić information content (AvgIpc) is 1.59. The topological polar surface area (TPSA) is 51.7 Å². The Morgan fingerprint density at radius 3 is 1.70 bits per heavy atom. The van der Waals surface area contributed by atoms with Crippen LogP contribution in [0.4, 0.5) is 8.78 Å². The molecule has 1 aromatic carbocycles. The van der Waals surface area contributed by atoms with Crippen LogP contribution in [0.25, 0.3) is 0 Å². The van der Waals surface area contributed by atoms with Crippen molar-refractivity contribution in [1.29, 1.82) is 0 Å². The molecule has 56 valence electrons. The molecule has 0 heterocycles. The van der Waals surface area contributed by atoms with E-state index in [4.69, 9.17) is 5.11 Å². The summed E-state index contributed by atoms with van der Waals surface area (Å²) in [5.74, 6) is -1.94. The van der Waals surface area contributed by atoms with E-state index < -0.39 is 17.4 Å². The molecule has 0 saturated heterocycles. The van der Waals surface area contributed by atoms with Gasteiger partial charge in [-0.2, -0.15) is 0 Å². The third-order valence-corrected chi connectivity index (χ3v) is 0.847. The Hall–Kier alpha value is -1.16. The summed E-state index contributed by atoms with van der Waals surface area (Å²) in [4.78, 5) is 0. The number of hydrogen-bond donors (Lipinski definition) is 1. The molecule has 0 fully saturated rings. The fourth-order valence-electron chi connectivity index (χ4n) is 0.539. The van der Waals surface area contributed by atoms with E-state index >= 15 is 0 Å². The van der Waals surface area contributed by atoms with Crippen molar-refractivity contribution in [3.63, 3.8) is 0 Å². The van der Waals surface area contributed by atoms with Crippen molar-refractivity contribution in [1.82, 2.24) is 0 Å². The first kappa shape index (κ1) is 8.84. The van der Waals surface area contributed by atoms with E-state index in [9.17, 15) is 8.78 Å². The normalized spacial score (nSPS) is 8.60. The molecule has 0 aliphatic heterocycles. The Morgan fingerprint density at radius 2 is 1.40 bits per heavy atom. The van der Waals surface area contributed by atoms with Gasteiger partial charge in [0.25, 0.3) is 0 Å². The van der Waals surface area contributed by atoms with Crippen molar-refractivity contribution in [2.75, 3.05) is 0 Å². The van der Waals surface area contributed by atoms with Crippen LogP contribution in [0.15, 0.2) is 18.2 Å². The molecule has 0 aliphatic rings. The van der Waals surface area contributed by atoms with Gasteiger partial charge in [-0.05, 0) is 0 Å². The van der Waals surface area contributed by atoms with Crippen molar-refractivity contribution in [2.45, 2.75) is 0 Å². The van der Waals surface area contributed by atoms with Crippen molar-refractivity contribution in [3.05, 3.63) is 29.8 Å². The third-order valence-electron chi connectivity index (χ3n) is 0.847. The molecule has 1 aromatic rings. The van der Waals surface area contributed by atoms with E-state index in [0.717, 1.165) is 12.1 Å². The second-order valence-corrected chi connectivity index (χ2v) is 1.63. The second-order valence-electron chi connectivity index (χ2n) is 1.63. The fraction of sp³-hybridized carbons (Fsp3) is 0. The zero-order valence-electron chi connectivity index (χ0n) is 4.94. The van der Waals surface area contributed by atoms with E-state index in [2.05, 4.69) is 0 Å². The molecule has 4 heteroatoms. The van der Waals surface area contributed by atoms with Crippen LogP contribution in [0.3, 0.4) is 0 Å². The molecule has 0 aliphatic carbocycles. The van der Waals surface area contributed by atoms with Crippen LogP contribution in [-0.2, 0) is 0 Å². The predicted molar refractivity (Wildman–Crippen MR) is 31.6 cm³/mol. The van der Waals surface area contributed by atoms with Gasteiger partial charge in [-0.3, -0.25) is 0 Å². The maximum Gasteiger partial charge on any atom is 0.129 e. The van der Waals surface area contributed by atoms with Crippen LogP contribution in [0.1, 0.15) is 0 Å². The number of benzene rings is 1. The van der Waals surface area contributed by atoms with Crippen molar-refractivity contribution in [3.8, 4) is 5.75 Å².